The number of hydrogen-bond acceptors (Lipinski definition) is 3. The maximum Gasteiger partial charge on any atom is 0.405 e. The molecular weight excluding hydrogens is 250 g/mol. The Bertz CT molecular complexity index is 312. The van der Waals surface area contributed by atoms with Crippen LogP contribution in [-0.2, 0) is 4.74 Å². The van der Waals surface area contributed by atoms with E-state index in [1.807, 2.05) is 0 Å². The Hall–Kier alpha value is -1.07. The van der Waals surface area contributed by atoms with Crippen LogP contribution in [0.2, 0.25) is 0 Å². The number of carbonyl (C=O) groups is 1. The Kier molecular flexibility index (Phi) is 3.91. The number of amides is 1. The van der Waals surface area contributed by atoms with E-state index in [1.54, 1.807) is 24.3 Å². The predicted molar refractivity (Wildman–Crippen MR) is 54.6 cm³/mol. The summed E-state index contributed by atoms with van der Waals surface area (Å²) < 4.78 is 5.61. The Balaban J connectivity index is 2.78. The number of carbonyl (C=O) groups excluding carboxylic acids is 1. The summed E-state index contributed by atoms with van der Waals surface area (Å²) in [5, 5.41) is 8.95. The average Bonchev–Trinajstić information content (AvgIpc) is 2.15. The second-order valence-electron chi connectivity index (χ2n) is 2.66. The van der Waals surface area contributed by atoms with Crippen LogP contribution in [0.4, 0.5) is 4.79 Å². The summed E-state index contributed by atoms with van der Waals surface area (Å²) in [7, 11) is 0. The molecule has 0 saturated carbocycles. The van der Waals surface area contributed by atoms with Crippen LogP contribution < -0.4 is 5.73 Å². The zero-order chi connectivity index (χ0) is 10.6. The molecule has 0 heterocycles. The highest BCUT2D eigenvalue weighted by molar-refractivity contribution is 9.10. The zero-order valence-electron chi connectivity index (χ0n) is 7.31. The standard InChI is InChI=1S/C9H10BrNO3/c10-7-3-1-6(2-4-7)8(5-12)14-9(11)13/h1-4,8,12H,5H2,(H2,11,13)/t8-/m0/s1. The molecule has 0 fully saturated rings. The first kappa shape index (κ1) is 11.0. The minimum absolute atomic E-state index is 0.287. The van der Waals surface area contributed by atoms with E-state index in [2.05, 4.69) is 15.9 Å². The molecule has 0 aliphatic rings. The van der Waals surface area contributed by atoms with Gasteiger partial charge >= 0.3 is 6.09 Å². The van der Waals surface area contributed by atoms with Crippen molar-refractivity contribution in [1.29, 1.82) is 0 Å². The van der Waals surface area contributed by atoms with Crippen LogP contribution in [0.1, 0.15) is 11.7 Å². The first-order valence-electron chi connectivity index (χ1n) is 3.96. The normalized spacial score (nSPS) is 12.1. The lowest BCUT2D eigenvalue weighted by Gasteiger charge is -2.13. The van der Waals surface area contributed by atoms with Crippen LogP contribution in [0.5, 0.6) is 0 Å². The lowest BCUT2D eigenvalue weighted by molar-refractivity contribution is 0.0633. The van der Waals surface area contributed by atoms with Crippen molar-refractivity contribution < 1.29 is 14.6 Å². The van der Waals surface area contributed by atoms with Crippen LogP contribution in [0.3, 0.4) is 0 Å². The van der Waals surface area contributed by atoms with Crippen LogP contribution >= 0.6 is 15.9 Å². The van der Waals surface area contributed by atoms with E-state index < -0.39 is 12.2 Å². The van der Waals surface area contributed by atoms with Gasteiger partial charge in [0.1, 0.15) is 0 Å². The molecule has 1 aromatic carbocycles. The molecule has 0 aliphatic carbocycles. The van der Waals surface area contributed by atoms with Crippen molar-refractivity contribution in [3.05, 3.63) is 34.3 Å². The van der Waals surface area contributed by atoms with Gasteiger partial charge in [0.2, 0.25) is 0 Å². The van der Waals surface area contributed by atoms with Crippen LogP contribution in [0.15, 0.2) is 28.7 Å². The zero-order valence-corrected chi connectivity index (χ0v) is 8.90. The number of ether oxygens (including phenoxy) is 1. The number of aliphatic hydroxyl groups is 1. The molecule has 1 amide bonds. The molecule has 14 heavy (non-hydrogen) atoms. The fraction of sp³-hybridized carbons (Fsp3) is 0.222. The van der Waals surface area contributed by atoms with Gasteiger partial charge in [-0.15, -0.1) is 0 Å². The molecule has 0 aliphatic heterocycles. The van der Waals surface area contributed by atoms with Gasteiger partial charge in [0.15, 0.2) is 6.10 Å². The number of hydrogen-bond donors (Lipinski definition) is 2. The SMILES string of the molecule is NC(=O)O[C@@H](CO)c1ccc(Br)cc1. The lowest BCUT2D eigenvalue weighted by atomic mass is 10.1. The van der Waals surface area contributed by atoms with Crippen LogP contribution in [0.25, 0.3) is 0 Å². The number of benzene rings is 1. The fourth-order valence-electron chi connectivity index (χ4n) is 1.03. The first-order chi connectivity index (χ1) is 6.63. The minimum atomic E-state index is -0.896. The van der Waals surface area contributed by atoms with Crippen molar-refractivity contribution in [3.63, 3.8) is 0 Å². The maximum absolute atomic E-state index is 10.5. The summed E-state index contributed by atoms with van der Waals surface area (Å²) in [6, 6.07) is 7.08. The van der Waals surface area contributed by atoms with Crippen LogP contribution in [-0.4, -0.2) is 17.8 Å². The summed E-state index contributed by atoms with van der Waals surface area (Å²) in [4.78, 5) is 10.5. The topological polar surface area (TPSA) is 72.6 Å². The molecule has 3 N–H and O–H groups in total. The third-order valence-corrected chi connectivity index (χ3v) is 2.19. The molecule has 4 nitrogen and oxygen atoms in total. The third kappa shape index (κ3) is 3.01. The summed E-state index contributed by atoms with van der Waals surface area (Å²) >= 11 is 3.27. The molecule has 0 unspecified atom stereocenters. The van der Waals surface area contributed by atoms with Crippen molar-refractivity contribution in [2.24, 2.45) is 5.73 Å². The van der Waals surface area contributed by atoms with Crippen LogP contribution in [0, 0.1) is 0 Å². The van der Waals surface area contributed by atoms with E-state index in [0.29, 0.717) is 5.56 Å². The van der Waals surface area contributed by atoms with Gasteiger partial charge in [0.05, 0.1) is 6.61 Å². The van der Waals surface area contributed by atoms with E-state index in [-0.39, 0.29) is 6.61 Å². The molecule has 0 aromatic heterocycles. The summed E-state index contributed by atoms with van der Waals surface area (Å²) in [6.45, 7) is -0.287. The van der Waals surface area contributed by atoms with E-state index >= 15 is 0 Å². The fourth-order valence-corrected chi connectivity index (χ4v) is 1.29. The predicted octanol–water partition coefficient (Wildman–Crippen LogP) is 1.58. The Morgan fingerprint density at radius 3 is 2.50 bits per heavy atom. The summed E-state index contributed by atoms with van der Waals surface area (Å²) in [5.74, 6) is 0. The van der Waals surface area contributed by atoms with Gasteiger partial charge in [0.25, 0.3) is 0 Å². The van der Waals surface area contributed by atoms with Gasteiger partial charge < -0.3 is 15.6 Å². The Morgan fingerprint density at radius 1 is 1.50 bits per heavy atom. The molecule has 1 atom stereocenters. The van der Waals surface area contributed by atoms with Gasteiger partial charge in [-0.25, -0.2) is 4.79 Å². The van der Waals surface area contributed by atoms with Crippen molar-refractivity contribution in [2.45, 2.75) is 6.10 Å². The van der Waals surface area contributed by atoms with Gasteiger partial charge in [-0.2, -0.15) is 0 Å². The van der Waals surface area contributed by atoms with Crippen molar-refractivity contribution in [2.75, 3.05) is 6.61 Å². The molecule has 1 rings (SSSR count). The molecular formula is C9H10BrNO3. The van der Waals surface area contributed by atoms with Crippen molar-refractivity contribution >= 4 is 22.0 Å². The molecule has 0 saturated heterocycles. The smallest absolute Gasteiger partial charge is 0.405 e. The quantitative estimate of drug-likeness (QED) is 0.866. The maximum atomic E-state index is 10.5. The van der Waals surface area contributed by atoms with Gasteiger partial charge in [-0.05, 0) is 17.7 Å². The van der Waals surface area contributed by atoms with E-state index in [4.69, 9.17) is 15.6 Å². The van der Waals surface area contributed by atoms with Crippen molar-refractivity contribution in [3.8, 4) is 0 Å². The van der Waals surface area contributed by atoms with E-state index in [0.717, 1.165) is 4.47 Å². The number of rotatable bonds is 3. The molecule has 5 heteroatoms. The van der Waals surface area contributed by atoms with Gasteiger partial charge in [0, 0.05) is 4.47 Å². The highest BCUT2D eigenvalue weighted by atomic mass is 79.9. The molecule has 1 aromatic rings. The summed E-state index contributed by atoms with van der Waals surface area (Å²) in [5.41, 5.74) is 5.56. The first-order valence-corrected chi connectivity index (χ1v) is 4.75. The Morgan fingerprint density at radius 2 is 2.07 bits per heavy atom. The van der Waals surface area contributed by atoms with Crippen molar-refractivity contribution in [1.82, 2.24) is 0 Å². The highest BCUT2D eigenvalue weighted by Gasteiger charge is 2.13. The number of nitrogens with two attached hydrogens (primary N) is 1. The number of aliphatic hydroxyl groups excluding tert-OH is 1. The number of primary amides is 1. The Labute approximate surface area is 89.8 Å². The van der Waals surface area contributed by atoms with Gasteiger partial charge in [-0.3, -0.25) is 0 Å². The lowest BCUT2D eigenvalue weighted by Crippen LogP contribution is -2.19. The molecule has 0 radical (unpaired) electrons. The average molecular weight is 260 g/mol. The second-order valence-corrected chi connectivity index (χ2v) is 3.58. The number of halogens is 1. The third-order valence-electron chi connectivity index (χ3n) is 1.67. The minimum Gasteiger partial charge on any atom is -0.439 e. The summed E-state index contributed by atoms with van der Waals surface area (Å²) in [6.07, 6.45) is -1.59. The van der Waals surface area contributed by atoms with E-state index in [9.17, 15) is 4.79 Å². The highest BCUT2D eigenvalue weighted by Crippen LogP contribution is 2.19. The monoisotopic (exact) mass is 259 g/mol. The molecule has 0 spiro atoms. The second kappa shape index (κ2) is 4.97. The largest absolute Gasteiger partial charge is 0.439 e. The van der Waals surface area contributed by atoms with Gasteiger partial charge in [-0.1, -0.05) is 28.1 Å². The molecule has 76 valence electrons. The van der Waals surface area contributed by atoms with E-state index in [1.165, 1.54) is 0 Å². The molecule has 0 bridgehead atoms.